The monoisotopic (exact) mass is 320 g/mol. The molecule has 2 heterocycles. The zero-order valence-corrected chi connectivity index (χ0v) is 13.5. The molecule has 1 saturated heterocycles. The van der Waals surface area contributed by atoms with Crippen molar-refractivity contribution in [1.82, 2.24) is 4.98 Å². The van der Waals surface area contributed by atoms with Crippen LogP contribution in [0.2, 0.25) is 0 Å². The minimum Gasteiger partial charge on any atom is -0.442 e. The molecule has 0 N–H and O–H groups in total. The van der Waals surface area contributed by atoms with E-state index in [1.807, 2.05) is 4.90 Å². The Bertz CT molecular complexity index is 637. The van der Waals surface area contributed by atoms with Crippen molar-refractivity contribution in [2.45, 2.75) is 39.2 Å². The van der Waals surface area contributed by atoms with E-state index in [9.17, 15) is 14.9 Å². The van der Waals surface area contributed by atoms with Gasteiger partial charge in [0.2, 0.25) is 0 Å². The van der Waals surface area contributed by atoms with Crippen LogP contribution >= 0.6 is 0 Å². The van der Waals surface area contributed by atoms with E-state index in [2.05, 4.69) is 9.98 Å². The van der Waals surface area contributed by atoms with Crippen molar-refractivity contribution in [3.8, 4) is 0 Å². The number of nitro groups is 1. The number of amides is 1. The lowest BCUT2D eigenvalue weighted by molar-refractivity contribution is -0.389. The summed E-state index contributed by atoms with van der Waals surface area (Å²) in [5, 5.41) is 10.8. The lowest BCUT2D eigenvalue weighted by Gasteiger charge is -2.29. The summed E-state index contributed by atoms with van der Waals surface area (Å²) in [5.41, 5.74) is 0.828. The number of carbonyl (C=O) groups excluding carboxylic acids is 1. The summed E-state index contributed by atoms with van der Waals surface area (Å²) in [7, 11) is 0. The highest BCUT2D eigenvalue weighted by Crippen LogP contribution is 2.22. The van der Waals surface area contributed by atoms with Gasteiger partial charge < -0.3 is 19.8 Å². The molecule has 1 aliphatic heterocycles. The van der Waals surface area contributed by atoms with Gasteiger partial charge in [-0.05, 0) is 43.5 Å². The molecule has 23 heavy (non-hydrogen) atoms. The van der Waals surface area contributed by atoms with Crippen LogP contribution in [0.25, 0.3) is 0 Å². The number of nitrogens with zero attached hydrogens (tertiary/aromatic N) is 4. The van der Waals surface area contributed by atoms with Crippen LogP contribution in [0.5, 0.6) is 0 Å². The number of aromatic nitrogens is 1. The highest BCUT2D eigenvalue weighted by Gasteiger charge is 2.21. The average Bonchev–Trinajstić information content (AvgIpc) is 2.45. The van der Waals surface area contributed by atoms with Crippen LogP contribution in [0.4, 0.5) is 16.3 Å². The largest absolute Gasteiger partial charge is 0.442 e. The summed E-state index contributed by atoms with van der Waals surface area (Å²) in [5.74, 6) is -0.196. The maximum atomic E-state index is 11.8. The molecule has 0 spiro atoms. The van der Waals surface area contributed by atoms with Crippen molar-refractivity contribution >= 4 is 23.3 Å². The van der Waals surface area contributed by atoms with Crippen molar-refractivity contribution < 1.29 is 14.5 Å². The molecule has 1 fully saturated rings. The van der Waals surface area contributed by atoms with Crippen molar-refractivity contribution in [2.75, 3.05) is 18.0 Å². The Hall–Kier alpha value is -2.51. The third-order valence-corrected chi connectivity index (χ3v) is 3.19. The minimum absolute atomic E-state index is 0.196. The van der Waals surface area contributed by atoms with Crippen LogP contribution in [0.3, 0.4) is 0 Å². The fourth-order valence-corrected chi connectivity index (χ4v) is 2.28. The molecule has 0 saturated carbocycles. The van der Waals surface area contributed by atoms with Crippen molar-refractivity contribution in [1.29, 1.82) is 0 Å². The molecule has 0 bridgehead atoms. The van der Waals surface area contributed by atoms with Crippen LogP contribution in [-0.4, -0.2) is 40.4 Å². The molecule has 1 aromatic rings. The Morgan fingerprint density at radius 3 is 2.87 bits per heavy atom. The van der Waals surface area contributed by atoms with Gasteiger partial charge in [0.05, 0.1) is 12.6 Å². The SMILES string of the molecule is CC(C)(C)OC(=O)/N=C1\CCCN(c2ccnc([N+](=O)[O-])c2)C1. The lowest BCUT2D eigenvalue weighted by atomic mass is 10.1. The maximum absolute atomic E-state index is 11.8. The fraction of sp³-hybridized carbons (Fsp3) is 0.533. The first-order chi connectivity index (χ1) is 10.7. The van der Waals surface area contributed by atoms with E-state index in [0.717, 1.165) is 13.0 Å². The van der Waals surface area contributed by atoms with Gasteiger partial charge in [-0.25, -0.2) is 4.79 Å². The second-order valence-electron chi connectivity index (χ2n) is 6.31. The molecule has 8 nitrogen and oxygen atoms in total. The second-order valence-corrected chi connectivity index (χ2v) is 6.31. The number of pyridine rings is 1. The number of ether oxygens (including phenoxy) is 1. The summed E-state index contributed by atoms with van der Waals surface area (Å²) in [4.78, 5) is 31.8. The van der Waals surface area contributed by atoms with Crippen molar-refractivity contribution in [3.63, 3.8) is 0 Å². The van der Waals surface area contributed by atoms with Crippen LogP contribution in [0, 0.1) is 10.1 Å². The topological polar surface area (TPSA) is 97.9 Å². The van der Waals surface area contributed by atoms with Gasteiger partial charge in [-0.15, -0.1) is 0 Å². The van der Waals surface area contributed by atoms with Gasteiger partial charge in [0.1, 0.15) is 11.8 Å². The molecule has 0 aromatic carbocycles. The first-order valence-corrected chi connectivity index (χ1v) is 7.39. The van der Waals surface area contributed by atoms with Gasteiger partial charge in [-0.3, -0.25) is 0 Å². The number of aliphatic imine (C=N–C) groups is 1. The molecule has 8 heteroatoms. The summed E-state index contributed by atoms with van der Waals surface area (Å²) < 4.78 is 5.19. The maximum Gasteiger partial charge on any atom is 0.434 e. The number of anilines is 1. The smallest absolute Gasteiger partial charge is 0.434 e. The normalized spacial score (nSPS) is 17.2. The first kappa shape index (κ1) is 16.9. The highest BCUT2D eigenvalue weighted by atomic mass is 16.6. The zero-order valence-electron chi connectivity index (χ0n) is 13.5. The molecule has 0 radical (unpaired) electrons. The Kier molecular flexibility index (Phi) is 4.92. The van der Waals surface area contributed by atoms with Gasteiger partial charge in [0.15, 0.2) is 0 Å². The average molecular weight is 320 g/mol. The van der Waals surface area contributed by atoms with Crippen LogP contribution in [0.1, 0.15) is 33.6 Å². The third kappa shape index (κ3) is 5.01. The van der Waals surface area contributed by atoms with E-state index in [1.54, 1.807) is 26.8 Å². The Morgan fingerprint density at radius 2 is 2.22 bits per heavy atom. The first-order valence-electron chi connectivity index (χ1n) is 7.39. The van der Waals surface area contributed by atoms with E-state index >= 15 is 0 Å². The zero-order chi connectivity index (χ0) is 17.0. The molecule has 1 aromatic heterocycles. The van der Waals surface area contributed by atoms with Crippen LogP contribution in [0.15, 0.2) is 23.3 Å². The quantitative estimate of drug-likeness (QED) is 0.613. The molecule has 1 aliphatic rings. The van der Waals surface area contributed by atoms with E-state index in [4.69, 9.17) is 4.74 Å². The summed E-state index contributed by atoms with van der Waals surface area (Å²) in [6, 6.07) is 3.14. The Labute approximate surface area is 134 Å². The van der Waals surface area contributed by atoms with Gasteiger partial charge in [-0.1, -0.05) is 0 Å². The third-order valence-electron chi connectivity index (χ3n) is 3.19. The second kappa shape index (κ2) is 6.72. The van der Waals surface area contributed by atoms with Gasteiger partial charge in [0.25, 0.3) is 0 Å². The van der Waals surface area contributed by atoms with Crippen LogP contribution in [-0.2, 0) is 4.74 Å². The summed E-state index contributed by atoms with van der Waals surface area (Å²) in [6.07, 6.45) is 2.34. The van der Waals surface area contributed by atoms with Gasteiger partial charge >= 0.3 is 11.9 Å². The number of hydrogen-bond donors (Lipinski definition) is 0. The molecule has 1 amide bonds. The van der Waals surface area contributed by atoms with E-state index in [-0.39, 0.29) is 5.82 Å². The summed E-state index contributed by atoms with van der Waals surface area (Å²) >= 11 is 0. The van der Waals surface area contributed by atoms with Gasteiger partial charge in [0, 0.05) is 24.0 Å². The van der Waals surface area contributed by atoms with Crippen molar-refractivity contribution in [3.05, 3.63) is 28.4 Å². The molecule has 124 valence electrons. The molecule has 2 rings (SSSR count). The summed E-state index contributed by atoms with van der Waals surface area (Å²) in [6.45, 7) is 6.55. The van der Waals surface area contributed by atoms with Crippen LogP contribution < -0.4 is 4.90 Å². The predicted molar refractivity (Wildman–Crippen MR) is 86.0 cm³/mol. The molecule has 0 unspecified atom stereocenters. The Morgan fingerprint density at radius 1 is 1.48 bits per heavy atom. The standard InChI is InChI=1S/C15H20N4O4/c1-15(2,3)23-14(20)17-11-5-4-8-18(10-11)12-6-7-16-13(9-12)19(21)22/h6-7,9H,4-5,8,10H2,1-3H3/b17-11+. The number of rotatable bonds is 2. The van der Waals surface area contributed by atoms with E-state index in [0.29, 0.717) is 24.4 Å². The molecule has 0 atom stereocenters. The Balaban J connectivity index is 2.10. The minimum atomic E-state index is -0.602. The molecular weight excluding hydrogens is 300 g/mol. The molecular formula is C15H20N4O4. The van der Waals surface area contributed by atoms with E-state index in [1.165, 1.54) is 12.3 Å². The lowest BCUT2D eigenvalue weighted by Crippen LogP contribution is -2.36. The van der Waals surface area contributed by atoms with Crippen molar-refractivity contribution in [2.24, 2.45) is 4.99 Å². The van der Waals surface area contributed by atoms with Gasteiger partial charge in [-0.2, -0.15) is 4.99 Å². The number of piperidine rings is 1. The number of carbonyl (C=O) groups is 1. The molecule has 0 aliphatic carbocycles. The highest BCUT2D eigenvalue weighted by molar-refractivity contribution is 5.97. The fourth-order valence-electron chi connectivity index (χ4n) is 2.28. The van der Waals surface area contributed by atoms with E-state index < -0.39 is 16.6 Å². The number of hydrogen-bond acceptors (Lipinski definition) is 6. The predicted octanol–water partition coefficient (Wildman–Crippen LogP) is 2.97.